The van der Waals surface area contributed by atoms with Crippen LogP contribution in [0.2, 0.25) is 5.02 Å². The van der Waals surface area contributed by atoms with E-state index >= 15 is 0 Å². The molecule has 0 spiro atoms. The Morgan fingerprint density at radius 1 is 1.28 bits per heavy atom. The molecular weight excluding hydrogens is 244 g/mol. The molecular formula is C15H23ClN2. The van der Waals surface area contributed by atoms with E-state index in [1.165, 1.54) is 38.5 Å². The Kier molecular flexibility index (Phi) is 4.76. The first-order valence-corrected chi connectivity index (χ1v) is 7.34. The Morgan fingerprint density at radius 3 is 2.72 bits per heavy atom. The third-order valence-electron chi connectivity index (χ3n) is 3.92. The average molecular weight is 267 g/mol. The lowest BCUT2D eigenvalue weighted by Gasteiger charge is -2.22. The molecule has 18 heavy (non-hydrogen) atoms. The number of halogens is 1. The quantitative estimate of drug-likeness (QED) is 0.781. The first-order chi connectivity index (χ1) is 8.66. The molecule has 1 aliphatic rings. The predicted molar refractivity (Wildman–Crippen MR) is 80.3 cm³/mol. The maximum absolute atomic E-state index is 6.03. The minimum absolute atomic E-state index is 0.741. The summed E-state index contributed by atoms with van der Waals surface area (Å²) in [6.07, 6.45) is 8.29. The van der Waals surface area contributed by atoms with E-state index in [-0.39, 0.29) is 0 Å². The van der Waals surface area contributed by atoms with Crippen LogP contribution in [0.3, 0.4) is 0 Å². The molecule has 2 rings (SSSR count). The lowest BCUT2D eigenvalue weighted by Crippen LogP contribution is -2.12. The minimum Gasteiger partial charge on any atom is -0.397 e. The van der Waals surface area contributed by atoms with Crippen molar-refractivity contribution in [3.63, 3.8) is 0 Å². The molecule has 2 nitrogen and oxygen atoms in total. The normalized spacial score (nSPS) is 16.8. The number of nitrogens with one attached hydrogen (secondary N) is 1. The molecule has 3 heteroatoms. The van der Waals surface area contributed by atoms with Gasteiger partial charge in [-0.3, -0.25) is 0 Å². The van der Waals surface area contributed by atoms with Crippen molar-refractivity contribution >= 4 is 23.0 Å². The highest BCUT2D eigenvalue weighted by Crippen LogP contribution is 2.28. The fourth-order valence-corrected chi connectivity index (χ4v) is 2.91. The second-order valence-electron chi connectivity index (χ2n) is 5.41. The molecule has 0 aromatic heterocycles. The van der Waals surface area contributed by atoms with Crippen LogP contribution in [0.25, 0.3) is 0 Å². The van der Waals surface area contributed by atoms with E-state index in [0.717, 1.165) is 34.4 Å². The van der Waals surface area contributed by atoms with Crippen LogP contribution in [-0.2, 0) is 0 Å². The van der Waals surface area contributed by atoms with Crippen LogP contribution in [0.1, 0.15) is 44.1 Å². The number of hydrogen-bond acceptors (Lipinski definition) is 2. The molecule has 1 fully saturated rings. The van der Waals surface area contributed by atoms with E-state index < -0.39 is 0 Å². The smallest absolute Gasteiger partial charge is 0.0577 e. The number of rotatable bonds is 4. The maximum Gasteiger partial charge on any atom is 0.0577 e. The summed E-state index contributed by atoms with van der Waals surface area (Å²) in [5.41, 5.74) is 8.80. The van der Waals surface area contributed by atoms with Gasteiger partial charge >= 0.3 is 0 Å². The third-order valence-corrected chi connectivity index (χ3v) is 4.33. The first kappa shape index (κ1) is 13.5. The van der Waals surface area contributed by atoms with Crippen molar-refractivity contribution in [2.75, 3.05) is 17.6 Å². The van der Waals surface area contributed by atoms with Gasteiger partial charge in [0, 0.05) is 11.6 Å². The van der Waals surface area contributed by atoms with Crippen molar-refractivity contribution in [2.45, 2.75) is 45.4 Å². The molecule has 1 aliphatic carbocycles. The van der Waals surface area contributed by atoms with Gasteiger partial charge in [-0.2, -0.15) is 0 Å². The zero-order valence-electron chi connectivity index (χ0n) is 11.1. The highest BCUT2D eigenvalue weighted by molar-refractivity contribution is 6.31. The molecule has 0 atom stereocenters. The lowest BCUT2D eigenvalue weighted by atomic mass is 9.87. The average Bonchev–Trinajstić information content (AvgIpc) is 2.37. The Hall–Kier alpha value is -0.890. The standard InChI is InChI=1S/C15H23ClN2/c1-11-9-15(14(17)10-13(11)16)18-8-7-12-5-3-2-4-6-12/h9-10,12,18H,2-8,17H2,1H3. The summed E-state index contributed by atoms with van der Waals surface area (Å²) in [7, 11) is 0. The number of aryl methyl sites for hydroxylation is 1. The summed E-state index contributed by atoms with van der Waals surface area (Å²) in [6.45, 7) is 3.02. The highest BCUT2D eigenvalue weighted by Gasteiger charge is 2.13. The molecule has 0 radical (unpaired) electrons. The van der Waals surface area contributed by atoms with Crippen LogP contribution < -0.4 is 11.1 Å². The van der Waals surface area contributed by atoms with Crippen molar-refractivity contribution in [1.82, 2.24) is 0 Å². The SMILES string of the molecule is Cc1cc(NCCC2CCCCC2)c(N)cc1Cl. The first-order valence-electron chi connectivity index (χ1n) is 6.96. The van der Waals surface area contributed by atoms with Crippen molar-refractivity contribution in [2.24, 2.45) is 5.92 Å². The summed E-state index contributed by atoms with van der Waals surface area (Å²) >= 11 is 6.03. The minimum atomic E-state index is 0.741. The van der Waals surface area contributed by atoms with E-state index in [1.54, 1.807) is 0 Å². The molecule has 3 N–H and O–H groups in total. The molecule has 0 amide bonds. The lowest BCUT2D eigenvalue weighted by molar-refractivity contribution is 0.345. The van der Waals surface area contributed by atoms with Gasteiger partial charge in [0.2, 0.25) is 0 Å². The van der Waals surface area contributed by atoms with E-state index in [4.69, 9.17) is 17.3 Å². The topological polar surface area (TPSA) is 38.0 Å². The molecule has 1 aromatic rings. The molecule has 0 aliphatic heterocycles. The Balaban J connectivity index is 1.84. The Morgan fingerprint density at radius 2 is 2.00 bits per heavy atom. The number of hydrogen-bond donors (Lipinski definition) is 2. The Labute approximate surface area is 115 Å². The highest BCUT2D eigenvalue weighted by atomic mass is 35.5. The van der Waals surface area contributed by atoms with E-state index in [9.17, 15) is 0 Å². The van der Waals surface area contributed by atoms with Gasteiger partial charge in [-0.25, -0.2) is 0 Å². The van der Waals surface area contributed by atoms with Crippen molar-refractivity contribution in [3.05, 3.63) is 22.7 Å². The van der Waals surface area contributed by atoms with E-state index in [2.05, 4.69) is 5.32 Å². The summed E-state index contributed by atoms with van der Waals surface area (Å²) in [4.78, 5) is 0. The zero-order valence-corrected chi connectivity index (χ0v) is 11.9. The second-order valence-corrected chi connectivity index (χ2v) is 5.82. The summed E-state index contributed by atoms with van der Waals surface area (Å²) in [5.74, 6) is 0.904. The number of anilines is 2. The largest absolute Gasteiger partial charge is 0.397 e. The molecule has 0 bridgehead atoms. The summed E-state index contributed by atoms with van der Waals surface area (Å²) in [6, 6.07) is 3.87. The number of nitrogens with two attached hydrogens (primary N) is 1. The van der Waals surface area contributed by atoms with Crippen LogP contribution in [0.4, 0.5) is 11.4 Å². The summed E-state index contributed by atoms with van der Waals surface area (Å²) in [5, 5.41) is 4.19. The summed E-state index contributed by atoms with van der Waals surface area (Å²) < 4.78 is 0. The monoisotopic (exact) mass is 266 g/mol. The molecule has 100 valence electrons. The fourth-order valence-electron chi connectivity index (χ4n) is 2.74. The molecule has 0 unspecified atom stereocenters. The predicted octanol–water partition coefficient (Wildman–Crippen LogP) is 4.61. The molecule has 1 aromatic carbocycles. The van der Waals surface area contributed by atoms with Gasteiger partial charge in [0.05, 0.1) is 11.4 Å². The van der Waals surface area contributed by atoms with Crippen LogP contribution in [0.15, 0.2) is 12.1 Å². The van der Waals surface area contributed by atoms with Gasteiger partial charge < -0.3 is 11.1 Å². The van der Waals surface area contributed by atoms with E-state index in [0.29, 0.717) is 0 Å². The van der Waals surface area contributed by atoms with Crippen LogP contribution >= 0.6 is 11.6 Å². The van der Waals surface area contributed by atoms with Gasteiger partial charge in [-0.1, -0.05) is 43.7 Å². The molecule has 0 saturated heterocycles. The third kappa shape index (κ3) is 3.55. The number of nitrogen functional groups attached to an aromatic ring is 1. The van der Waals surface area contributed by atoms with Gasteiger partial charge in [-0.05, 0) is 37.0 Å². The fraction of sp³-hybridized carbons (Fsp3) is 0.600. The van der Waals surface area contributed by atoms with Crippen molar-refractivity contribution in [3.8, 4) is 0 Å². The zero-order chi connectivity index (χ0) is 13.0. The van der Waals surface area contributed by atoms with Crippen LogP contribution in [-0.4, -0.2) is 6.54 Å². The Bertz CT molecular complexity index is 398. The van der Waals surface area contributed by atoms with E-state index in [1.807, 2.05) is 19.1 Å². The van der Waals surface area contributed by atoms with Gasteiger partial charge in [-0.15, -0.1) is 0 Å². The van der Waals surface area contributed by atoms with Crippen LogP contribution in [0, 0.1) is 12.8 Å². The van der Waals surface area contributed by atoms with Gasteiger partial charge in [0.1, 0.15) is 0 Å². The van der Waals surface area contributed by atoms with Crippen LogP contribution in [0.5, 0.6) is 0 Å². The molecule has 1 saturated carbocycles. The number of benzene rings is 1. The van der Waals surface area contributed by atoms with Gasteiger partial charge in [0.15, 0.2) is 0 Å². The second kappa shape index (κ2) is 6.33. The van der Waals surface area contributed by atoms with Gasteiger partial charge in [0.25, 0.3) is 0 Å². The van der Waals surface area contributed by atoms with Crippen molar-refractivity contribution < 1.29 is 0 Å². The maximum atomic E-state index is 6.03. The molecule has 0 heterocycles. The van der Waals surface area contributed by atoms with Crippen molar-refractivity contribution in [1.29, 1.82) is 0 Å².